The first-order valence-electron chi connectivity index (χ1n) is 10.4. The Morgan fingerprint density at radius 2 is 1.12 bits per heavy atom. The second-order valence-electron chi connectivity index (χ2n) is 8.87. The molecule has 0 aromatic carbocycles. The molecule has 1 heteroatoms. The van der Waals surface area contributed by atoms with Gasteiger partial charge in [0.05, 0.1) is 0 Å². The highest BCUT2D eigenvalue weighted by Gasteiger charge is 2.33. The van der Waals surface area contributed by atoms with E-state index >= 15 is 0 Å². The monoisotopic (exact) mass is 359 g/mol. The van der Waals surface area contributed by atoms with Gasteiger partial charge in [-0.2, -0.15) is 0 Å². The number of nitrogens with zero attached hydrogens (tertiary/aromatic N) is 1. The Morgan fingerprint density at radius 3 is 1.50 bits per heavy atom. The fourth-order valence-corrected chi connectivity index (χ4v) is 3.77. The summed E-state index contributed by atoms with van der Waals surface area (Å²) in [7, 11) is 0. The van der Waals surface area contributed by atoms with Crippen molar-refractivity contribution in [1.29, 1.82) is 0 Å². The standard InChI is InChI=1S/C25H45N/c1-9-13-17-23(18-14-10-2)24(5,6)19-20-25(7,8)26(21-15-11-3)22-16-12-4/h9-12,23H,1-4,13-22H2,5-8H3. The normalized spacial score (nSPS) is 12.4. The SMILES string of the molecule is C=CCCC(CCC=C)C(C)(C)CCC(C)(C)N(CCC=C)CCC=C. The summed E-state index contributed by atoms with van der Waals surface area (Å²) in [5.41, 5.74) is 0.538. The Labute approximate surface area is 164 Å². The molecule has 0 aromatic heterocycles. The topological polar surface area (TPSA) is 3.24 Å². The van der Waals surface area contributed by atoms with Crippen LogP contribution in [0.15, 0.2) is 50.6 Å². The van der Waals surface area contributed by atoms with Gasteiger partial charge in [0.2, 0.25) is 0 Å². The van der Waals surface area contributed by atoms with Crippen molar-refractivity contribution in [3.63, 3.8) is 0 Å². The lowest BCUT2D eigenvalue weighted by molar-refractivity contribution is 0.0813. The average Bonchev–Trinajstić information content (AvgIpc) is 2.60. The van der Waals surface area contributed by atoms with Crippen LogP contribution < -0.4 is 0 Å². The predicted molar refractivity (Wildman–Crippen MR) is 121 cm³/mol. The van der Waals surface area contributed by atoms with Gasteiger partial charge in [-0.1, -0.05) is 38.2 Å². The van der Waals surface area contributed by atoms with Crippen LogP contribution in [0, 0.1) is 11.3 Å². The van der Waals surface area contributed by atoms with E-state index in [0.717, 1.165) is 44.7 Å². The predicted octanol–water partition coefficient (Wildman–Crippen LogP) is 7.57. The molecule has 0 amide bonds. The highest BCUT2D eigenvalue weighted by atomic mass is 15.2. The zero-order valence-corrected chi connectivity index (χ0v) is 18.2. The van der Waals surface area contributed by atoms with Crippen LogP contribution in [0.3, 0.4) is 0 Å². The van der Waals surface area contributed by atoms with Crippen molar-refractivity contribution < 1.29 is 0 Å². The van der Waals surface area contributed by atoms with Crippen LogP contribution in [0.25, 0.3) is 0 Å². The van der Waals surface area contributed by atoms with Crippen molar-refractivity contribution >= 4 is 0 Å². The Kier molecular flexibility index (Phi) is 12.6. The second-order valence-corrected chi connectivity index (χ2v) is 8.87. The van der Waals surface area contributed by atoms with Crippen LogP contribution in [0.5, 0.6) is 0 Å². The summed E-state index contributed by atoms with van der Waals surface area (Å²) in [6.45, 7) is 27.5. The summed E-state index contributed by atoms with van der Waals surface area (Å²) in [6.07, 6.45) is 17.4. The van der Waals surface area contributed by atoms with Gasteiger partial charge in [0, 0.05) is 18.6 Å². The van der Waals surface area contributed by atoms with Crippen molar-refractivity contribution in [2.45, 2.75) is 84.6 Å². The lowest BCUT2D eigenvalue weighted by Gasteiger charge is -2.42. The van der Waals surface area contributed by atoms with Gasteiger partial charge >= 0.3 is 0 Å². The number of allylic oxidation sites excluding steroid dienone is 2. The highest BCUT2D eigenvalue weighted by molar-refractivity contribution is 4.89. The lowest BCUT2D eigenvalue weighted by atomic mass is 9.69. The maximum Gasteiger partial charge on any atom is 0.0153 e. The van der Waals surface area contributed by atoms with E-state index in [4.69, 9.17) is 0 Å². The van der Waals surface area contributed by atoms with Crippen LogP contribution in [0.1, 0.15) is 79.1 Å². The molecule has 0 heterocycles. The summed E-state index contributed by atoms with van der Waals surface area (Å²) in [6, 6.07) is 0. The van der Waals surface area contributed by atoms with E-state index in [9.17, 15) is 0 Å². The molecule has 0 N–H and O–H groups in total. The molecule has 0 aromatic rings. The molecule has 0 bridgehead atoms. The number of rotatable bonds is 17. The molecule has 0 aliphatic heterocycles. The molecule has 0 spiro atoms. The Balaban J connectivity index is 4.99. The maximum absolute atomic E-state index is 3.92. The Morgan fingerprint density at radius 1 is 0.692 bits per heavy atom. The van der Waals surface area contributed by atoms with Crippen molar-refractivity contribution in [3.05, 3.63) is 50.6 Å². The first kappa shape index (κ1) is 24.9. The third kappa shape index (κ3) is 9.57. The van der Waals surface area contributed by atoms with Crippen LogP contribution in [0.4, 0.5) is 0 Å². The van der Waals surface area contributed by atoms with Gasteiger partial charge in [0.25, 0.3) is 0 Å². The third-order valence-electron chi connectivity index (χ3n) is 5.99. The van der Waals surface area contributed by atoms with Gasteiger partial charge in [-0.15, -0.1) is 26.3 Å². The zero-order valence-electron chi connectivity index (χ0n) is 18.2. The third-order valence-corrected chi connectivity index (χ3v) is 5.99. The number of hydrogen-bond acceptors (Lipinski definition) is 1. The van der Waals surface area contributed by atoms with E-state index in [1.807, 2.05) is 12.2 Å². The van der Waals surface area contributed by atoms with Gasteiger partial charge in [0.15, 0.2) is 0 Å². The van der Waals surface area contributed by atoms with Crippen molar-refractivity contribution in [2.75, 3.05) is 13.1 Å². The molecular weight excluding hydrogens is 314 g/mol. The average molecular weight is 360 g/mol. The summed E-state index contributed by atoms with van der Waals surface area (Å²) < 4.78 is 0. The van der Waals surface area contributed by atoms with Crippen LogP contribution in [-0.2, 0) is 0 Å². The van der Waals surface area contributed by atoms with Gasteiger partial charge < -0.3 is 0 Å². The summed E-state index contributed by atoms with van der Waals surface area (Å²) >= 11 is 0. The summed E-state index contributed by atoms with van der Waals surface area (Å²) in [5.74, 6) is 0.726. The minimum atomic E-state index is 0.199. The first-order valence-corrected chi connectivity index (χ1v) is 10.4. The van der Waals surface area contributed by atoms with Gasteiger partial charge in [-0.05, 0) is 76.5 Å². The molecular formula is C25H45N. The smallest absolute Gasteiger partial charge is 0.0153 e. The molecule has 0 fully saturated rings. The molecule has 0 aliphatic rings. The molecule has 0 radical (unpaired) electrons. The van der Waals surface area contributed by atoms with Gasteiger partial charge in [-0.25, -0.2) is 0 Å². The molecule has 26 heavy (non-hydrogen) atoms. The van der Waals surface area contributed by atoms with E-state index in [0.29, 0.717) is 5.41 Å². The second kappa shape index (κ2) is 13.1. The largest absolute Gasteiger partial charge is 0.298 e. The molecule has 1 nitrogen and oxygen atoms in total. The van der Waals surface area contributed by atoms with E-state index in [1.54, 1.807) is 0 Å². The lowest BCUT2D eigenvalue weighted by Crippen LogP contribution is -2.45. The number of hydrogen-bond donors (Lipinski definition) is 0. The fraction of sp³-hybridized carbons (Fsp3) is 0.680. The van der Waals surface area contributed by atoms with Gasteiger partial charge in [0.1, 0.15) is 0 Å². The minimum absolute atomic E-state index is 0.199. The van der Waals surface area contributed by atoms with E-state index < -0.39 is 0 Å². The van der Waals surface area contributed by atoms with E-state index in [2.05, 4.69) is 71.1 Å². The molecule has 0 saturated heterocycles. The molecule has 150 valence electrons. The quantitative estimate of drug-likeness (QED) is 0.242. The zero-order chi connectivity index (χ0) is 20.1. The van der Waals surface area contributed by atoms with Crippen molar-refractivity contribution in [3.8, 4) is 0 Å². The molecule has 0 saturated carbocycles. The minimum Gasteiger partial charge on any atom is -0.298 e. The highest BCUT2D eigenvalue weighted by Crippen LogP contribution is 2.40. The first-order chi connectivity index (χ1) is 12.2. The Hall–Kier alpha value is -1.08. The molecule has 0 aliphatic carbocycles. The van der Waals surface area contributed by atoms with Crippen LogP contribution >= 0.6 is 0 Å². The van der Waals surface area contributed by atoms with Crippen molar-refractivity contribution in [2.24, 2.45) is 11.3 Å². The van der Waals surface area contributed by atoms with Crippen LogP contribution in [0.2, 0.25) is 0 Å². The molecule has 0 atom stereocenters. The van der Waals surface area contributed by atoms with Crippen molar-refractivity contribution in [1.82, 2.24) is 4.90 Å². The molecule has 0 unspecified atom stereocenters. The Bertz CT molecular complexity index is 352. The maximum atomic E-state index is 3.92. The van der Waals surface area contributed by atoms with Crippen LogP contribution in [-0.4, -0.2) is 23.5 Å². The van der Waals surface area contributed by atoms with E-state index in [1.165, 1.54) is 25.7 Å². The molecule has 0 rings (SSSR count). The van der Waals surface area contributed by atoms with E-state index in [-0.39, 0.29) is 5.54 Å². The fourth-order valence-electron chi connectivity index (χ4n) is 3.77. The van der Waals surface area contributed by atoms with Gasteiger partial charge in [-0.3, -0.25) is 4.90 Å². The summed E-state index contributed by atoms with van der Waals surface area (Å²) in [4.78, 5) is 2.62. The summed E-state index contributed by atoms with van der Waals surface area (Å²) in [5, 5.41) is 0.